The lowest BCUT2D eigenvalue weighted by atomic mass is 10.4. The van der Waals surface area contributed by atoms with Crippen LogP contribution in [0.5, 0.6) is 0 Å². The molecule has 0 saturated heterocycles. The summed E-state index contributed by atoms with van der Waals surface area (Å²) in [5.74, 6) is 0.545. The van der Waals surface area contributed by atoms with Gasteiger partial charge in [-0.3, -0.25) is 0 Å². The van der Waals surface area contributed by atoms with Crippen LogP contribution in [0.4, 0.5) is 5.82 Å². The summed E-state index contributed by atoms with van der Waals surface area (Å²) in [5.41, 5.74) is 6.41. The third kappa shape index (κ3) is 1.95. The van der Waals surface area contributed by atoms with E-state index in [1.807, 2.05) is 6.07 Å². The van der Waals surface area contributed by atoms with Gasteiger partial charge < -0.3 is 5.73 Å². The van der Waals surface area contributed by atoms with Crippen molar-refractivity contribution in [3.05, 3.63) is 22.3 Å². The normalized spacial score (nSPS) is 9.80. The molecule has 0 radical (unpaired) electrons. The maximum atomic E-state index is 5.47. The molecule has 2 nitrogen and oxygen atoms in total. The standard InChI is InChI=1S/C6H6Br2N2/c7-3-5-1-4(8)2-6(9)10-5/h1-2H,3H2,(H2,9,10). The highest BCUT2D eigenvalue weighted by Crippen LogP contribution is 2.15. The molecule has 1 aromatic heterocycles. The zero-order valence-electron chi connectivity index (χ0n) is 5.14. The molecule has 0 unspecified atom stereocenters. The van der Waals surface area contributed by atoms with Crippen LogP contribution in [0.25, 0.3) is 0 Å². The van der Waals surface area contributed by atoms with Crippen LogP contribution in [0.15, 0.2) is 16.6 Å². The molecule has 0 aliphatic carbocycles. The van der Waals surface area contributed by atoms with Crippen LogP contribution >= 0.6 is 31.9 Å². The third-order valence-corrected chi connectivity index (χ3v) is 2.03. The van der Waals surface area contributed by atoms with E-state index in [-0.39, 0.29) is 0 Å². The number of hydrogen-bond donors (Lipinski definition) is 1. The fraction of sp³-hybridized carbons (Fsp3) is 0.167. The number of nitrogen functional groups attached to an aromatic ring is 1. The van der Waals surface area contributed by atoms with Crippen LogP contribution in [0.1, 0.15) is 5.69 Å². The average molecular weight is 266 g/mol. The fourth-order valence-electron chi connectivity index (χ4n) is 0.641. The van der Waals surface area contributed by atoms with E-state index in [1.165, 1.54) is 0 Å². The van der Waals surface area contributed by atoms with Gasteiger partial charge in [-0.05, 0) is 12.1 Å². The number of alkyl halides is 1. The summed E-state index contributed by atoms with van der Waals surface area (Å²) >= 11 is 6.60. The lowest BCUT2D eigenvalue weighted by Crippen LogP contribution is -1.92. The largest absolute Gasteiger partial charge is 0.384 e. The first-order valence-electron chi connectivity index (χ1n) is 2.70. The molecule has 0 aliphatic heterocycles. The lowest BCUT2D eigenvalue weighted by molar-refractivity contribution is 1.19. The topological polar surface area (TPSA) is 38.9 Å². The molecule has 0 spiro atoms. The summed E-state index contributed by atoms with van der Waals surface area (Å²) in [6, 6.07) is 3.69. The summed E-state index contributed by atoms with van der Waals surface area (Å²) in [4.78, 5) is 4.05. The molecule has 0 saturated carbocycles. The van der Waals surface area contributed by atoms with Crippen LogP contribution in [0.3, 0.4) is 0 Å². The molecule has 0 aliphatic rings. The van der Waals surface area contributed by atoms with Crippen molar-refractivity contribution in [2.75, 3.05) is 5.73 Å². The molecule has 4 heteroatoms. The minimum atomic E-state index is 0.545. The van der Waals surface area contributed by atoms with E-state index in [2.05, 4.69) is 36.8 Å². The number of anilines is 1. The summed E-state index contributed by atoms with van der Waals surface area (Å²) in [7, 11) is 0. The Morgan fingerprint density at radius 3 is 2.70 bits per heavy atom. The minimum Gasteiger partial charge on any atom is -0.384 e. The zero-order chi connectivity index (χ0) is 7.56. The van der Waals surface area contributed by atoms with Crippen LogP contribution in [0.2, 0.25) is 0 Å². The number of pyridine rings is 1. The van der Waals surface area contributed by atoms with Gasteiger partial charge in [0, 0.05) is 9.80 Å². The van der Waals surface area contributed by atoms with Crippen LogP contribution in [-0.4, -0.2) is 4.98 Å². The first-order chi connectivity index (χ1) is 4.72. The number of nitrogens with zero attached hydrogens (tertiary/aromatic N) is 1. The van der Waals surface area contributed by atoms with Crippen molar-refractivity contribution in [2.45, 2.75) is 5.33 Å². The first-order valence-corrected chi connectivity index (χ1v) is 4.61. The Morgan fingerprint density at radius 1 is 1.50 bits per heavy atom. The highest BCUT2D eigenvalue weighted by Gasteiger charge is 1.95. The molecular formula is C6H6Br2N2. The molecular weight excluding hydrogens is 260 g/mol. The summed E-state index contributed by atoms with van der Waals surface area (Å²) in [5, 5.41) is 0.733. The molecule has 1 rings (SSSR count). The second kappa shape index (κ2) is 3.34. The summed E-state index contributed by atoms with van der Waals surface area (Å²) in [6.45, 7) is 0. The van der Waals surface area contributed by atoms with Crippen LogP contribution in [0, 0.1) is 0 Å². The second-order valence-corrected chi connectivity index (χ2v) is 3.31. The van der Waals surface area contributed by atoms with E-state index < -0.39 is 0 Å². The maximum Gasteiger partial charge on any atom is 0.124 e. The molecule has 54 valence electrons. The van der Waals surface area contributed by atoms with Crippen molar-refractivity contribution in [1.29, 1.82) is 0 Å². The molecule has 0 aromatic carbocycles. The third-order valence-electron chi connectivity index (χ3n) is 1.000. The van der Waals surface area contributed by atoms with Gasteiger partial charge in [-0.1, -0.05) is 31.9 Å². The predicted octanol–water partition coefficient (Wildman–Crippen LogP) is 2.32. The Bertz CT molecular complexity index is 217. The Morgan fingerprint density at radius 2 is 2.20 bits per heavy atom. The van der Waals surface area contributed by atoms with Gasteiger partial charge in [0.1, 0.15) is 5.82 Å². The predicted molar refractivity (Wildman–Crippen MR) is 49.0 cm³/mol. The number of nitrogens with two attached hydrogens (primary N) is 1. The lowest BCUT2D eigenvalue weighted by Gasteiger charge is -1.97. The highest BCUT2D eigenvalue weighted by atomic mass is 79.9. The number of rotatable bonds is 1. The molecule has 0 atom stereocenters. The van der Waals surface area contributed by atoms with Gasteiger partial charge in [0.25, 0.3) is 0 Å². The van der Waals surface area contributed by atoms with E-state index in [9.17, 15) is 0 Å². The molecule has 0 fully saturated rings. The SMILES string of the molecule is Nc1cc(Br)cc(CBr)n1. The van der Waals surface area contributed by atoms with Gasteiger partial charge in [-0.15, -0.1) is 0 Å². The Balaban J connectivity index is 3.06. The van der Waals surface area contributed by atoms with Gasteiger partial charge in [0.05, 0.1) is 5.69 Å². The van der Waals surface area contributed by atoms with Gasteiger partial charge in [0.2, 0.25) is 0 Å². The molecule has 2 N–H and O–H groups in total. The van der Waals surface area contributed by atoms with Crippen molar-refractivity contribution in [3.63, 3.8) is 0 Å². The highest BCUT2D eigenvalue weighted by molar-refractivity contribution is 9.10. The first kappa shape index (κ1) is 8.01. The van der Waals surface area contributed by atoms with E-state index in [0.717, 1.165) is 15.5 Å². The summed E-state index contributed by atoms with van der Waals surface area (Å²) < 4.78 is 0.967. The maximum absolute atomic E-state index is 5.47. The van der Waals surface area contributed by atoms with E-state index >= 15 is 0 Å². The van der Waals surface area contributed by atoms with Gasteiger partial charge in [0.15, 0.2) is 0 Å². The molecule has 0 bridgehead atoms. The molecule has 10 heavy (non-hydrogen) atoms. The van der Waals surface area contributed by atoms with Gasteiger partial charge >= 0.3 is 0 Å². The summed E-state index contributed by atoms with van der Waals surface area (Å²) in [6.07, 6.45) is 0. The van der Waals surface area contributed by atoms with Crippen LogP contribution < -0.4 is 5.73 Å². The number of aromatic nitrogens is 1. The zero-order valence-corrected chi connectivity index (χ0v) is 8.31. The van der Waals surface area contributed by atoms with E-state index in [1.54, 1.807) is 6.07 Å². The Kier molecular flexibility index (Phi) is 2.68. The smallest absolute Gasteiger partial charge is 0.124 e. The van der Waals surface area contributed by atoms with Gasteiger partial charge in [-0.2, -0.15) is 0 Å². The molecule has 1 aromatic rings. The van der Waals surface area contributed by atoms with Crippen LogP contribution in [-0.2, 0) is 5.33 Å². The Labute approximate surface area is 76.1 Å². The van der Waals surface area contributed by atoms with Crippen molar-refractivity contribution in [3.8, 4) is 0 Å². The monoisotopic (exact) mass is 264 g/mol. The van der Waals surface area contributed by atoms with Crippen molar-refractivity contribution >= 4 is 37.7 Å². The van der Waals surface area contributed by atoms with Crippen molar-refractivity contribution in [2.24, 2.45) is 0 Å². The van der Waals surface area contributed by atoms with E-state index in [0.29, 0.717) is 5.82 Å². The van der Waals surface area contributed by atoms with Crippen molar-refractivity contribution < 1.29 is 0 Å². The fourth-order valence-corrected chi connectivity index (χ4v) is 1.43. The number of halogens is 2. The van der Waals surface area contributed by atoms with Crippen molar-refractivity contribution in [1.82, 2.24) is 4.98 Å². The van der Waals surface area contributed by atoms with Gasteiger partial charge in [-0.25, -0.2) is 4.98 Å². The Hall–Kier alpha value is -0.0900. The minimum absolute atomic E-state index is 0.545. The second-order valence-electron chi connectivity index (χ2n) is 1.84. The quantitative estimate of drug-likeness (QED) is 0.792. The average Bonchev–Trinajstić information content (AvgIpc) is 1.85. The number of hydrogen-bond acceptors (Lipinski definition) is 2. The molecule has 0 amide bonds. The molecule has 1 heterocycles. The van der Waals surface area contributed by atoms with E-state index in [4.69, 9.17) is 5.73 Å².